The van der Waals surface area contributed by atoms with Gasteiger partial charge in [-0.2, -0.15) is 0 Å². The number of anilines is 3. The molecule has 1 N–H and O–H groups in total. The highest BCUT2D eigenvalue weighted by Gasteiger charge is 2.30. The second-order valence-electron chi connectivity index (χ2n) is 8.68. The van der Waals surface area contributed by atoms with Crippen LogP contribution in [0, 0.1) is 24.0 Å². The van der Waals surface area contributed by atoms with Gasteiger partial charge in [-0.05, 0) is 43.9 Å². The van der Waals surface area contributed by atoms with Crippen molar-refractivity contribution in [2.45, 2.75) is 58.4 Å². The summed E-state index contributed by atoms with van der Waals surface area (Å²) in [5.41, 5.74) is 3.82. The van der Waals surface area contributed by atoms with E-state index in [2.05, 4.69) is 52.2 Å². The Hall–Kier alpha value is -2.90. The summed E-state index contributed by atoms with van der Waals surface area (Å²) < 4.78 is 0. The van der Waals surface area contributed by atoms with Gasteiger partial charge in [0.05, 0.1) is 4.92 Å². The highest BCUT2D eigenvalue weighted by Crippen LogP contribution is 2.34. The van der Waals surface area contributed by atoms with Gasteiger partial charge in [-0.25, -0.2) is 9.97 Å². The Labute approximate surface area is 183 Å². The second kappa shape index (κ2) is 9.49. The van der Waals surface area contributed by atoms with Crippen LogP contribution in [0.15, 0.2) is 24.5 Å². The highest BCUT2D eigenvalue weighted by molar-refractivity contribution is 5.71. The van der Waals surface area contributed by atoms with Gasteiger partial charge in [0.1, 0.15) is 6.33 Å². The molecule has 1 aromatic carbocycles. The van der Waals surface area contributed by atoms with Crippen LogP contribution in [0.3, 0.4) is 0 Å². The summed E-state index contributed by atoms with van der Waals surface area (Å²) in [7, 11) is 0. The first-order chi connectivity index (χ1) is 15.0. The maximum Gasteiger partial charge on any atom is 0.353 e. The zero-order valence-electron chi connectivity index (χ0n) is 18.5. The van der Waals surface area contributed by atoms with E-state index < -0.39 is 0 Å². The molecule has 0 unspecified atom stereocenters. The predicted octanol–water partition coefficient (Wildman–Crippen LogP) is 4.46. The first-order valence-corrected chi connectivity index (χ1v) is 11.4. The Balaban J connectivity index is 1.52. The number of hydrogen-bond acceptors (Lipinski definition) is 7. The third-order valence-electron chi connectivity index (χ3n) is 6.68. The Morgan fingerprint density at radius 2 is 1.68 bits per heavy atom. The Kier molecular flexibility index (Phi) is 6.53. The van der Waals surface area contributed by atoms with Crippen molar-refractivity contribution in [3.8, 4) is 0 Å². The van der Waals surface area contributed by atoms with Crippen molar-refractivity contribution in [1.29, 1.82) is 0 Å². The molecular formula is C23H32N6O2. The molecule has 31 heavy (non-hydrogen) atoms. The molecule has 1 aromatic heterocycles. The van der Waals surface area contributed by atoms with E-state index in [4.69, 9.17) is 0 Å². The molecule has 8 nitrogen and oxygen atoms in total. The minimum Gasteiger partial charge on any atom is -0.368 e. The molecule has 166 valence electrons. The number of nitrogens with zero attached hydrogens (tertiary/aromatic N) is 5. The summed E-state index contributed by atoms with van der Waals surface area (Å²) in [6.07, 6.45) is 8.31. The van der Waals surface area contributed by atoms with Gasteiger partial charge >= 0.3 is 5.69 Å². The van der Waals surface area contributed by atoms with Crippen molar-refractivity contribution in [1.82, 2.24) is 9.97 Å². The lowest BCUT2D eigenvalue weighted by atomic mass is 10.1. The molecule has 1 saturated heterocycles. The van der Waals surface area contributed by atoms with Crippen molar-refractivity contribution in [3.63, 3.8) is 0 Å². The third kappa shape index (κ3) is 4.73. The molecule has 8 heteroatoms. The van der Waals surface area contributed by atoms with E-state index in [9.17, 15) is 10.1 Å². The molecule has 2 fully saturated rings. The molecule has 2 aromatic rings. The van der Waals surface area contributed by atoms with E-state index in [1.165, 1.54) is 36.0 Å². The van der Waals surface area contributed by atoms with Gasteiger partial charge in [0.15, 0.2) is 0 Å². The lowest BCUT2D eigenvalue weighted by Gasteiger charge is -2.37. The molecule has 1 aliphatic carbocycles. The summed E-state index contributed by atoms with van der Waals surface area (Å²) in [4.78, 5) is 24.7. The maximum absolute atomic E-state index is 12.0. The molecule has 0 atom stereocenters. The number of aromatic nitrogens is 2. The number of benzene rings is 1. The summed E-state index contributed by atoms with van der Waals surface area (Å²) in [5.74, 6) is 0.788. The molecule has 2 heterocycles. The van der Waals surface area contributed by atoms with Crippen LogP contribution in [0.4, 0.5) is 23.0 Å². The number of aryl methyl sites for hydroxylation is 1. The average molecular weight is 425 g/mol. The van der Waals surface area contributed by atoms with E-state index in [0.29, 0.717) is 24.7 Å². The molecule has 2 aliphatic rings. The zero-order chi connectivity index (χ0) is 21.8. The molecule has 4 rings (SSSR count). The number of piperazine rings is 1. The average Bonchev–Trinajstić information content (AvgIpc) is 3.04. The minimum absolute atomic E-state index is 0.00642. The van der Waals surface area contributed by atoms with Crippen LogP contribution in [0.25, 0.3) is 0 Å². The molecule has 0 radical (unpaired) electrons. The lowest BCUT2D eigenvalue weighted by Crippen LogP contribution is -2.47. The van der Waals surface area contributed by atoms with Gasteiger partial charge in [0.25, 0.3) is 0 Å². The fraction of sp³-hybridized carbons (Fsp3) is 0.565. The van der Waals surface area contributed by atoms with Gasteiger partial charge in [-0.1, -0.05) is 37.8 Å². The first kappa shape index (κ1) is 21.3. The van der Waals surface area contributed by atoms with Crippen molar-refractivity contribution in [3.05, 3.63) is 45.8 Å². The zero-order valence-corrected chi connectivity index (χ0v) is 18.5. The van der Waals surface area contributed by atoms with Crippen LogP contribution in [0.5, 0.6) is 0 Å². The van der Waals surface area contributed by atoms with Gasteiger partial charge in [-0.3, -0.25) is 10.1 Å². The van der Waals surface area contributed by atoms with E-state index >= 15 is 0 Å². The fourth-order valence-electron chi connectivity index (χ4n) is 4.73. The summed E-state index contributed by atoms with van der Waals surface area (Å²) >= 11 is 0. The fourth-order valence-corrected chi connectivity index (χ4v) is 4.73. The van der Waals surface area contributed by atoms with Crippen molar-refractivity contribution >= 4 is 23.0 Å². The van der Waals surface area contributed by atoms with E-state index in [-0.39, 0.29) is 16.7 Å². The largest absolute Gasteiger partial charge is 0.368 e. The quantitative estimate of drug-likeness (QED) is 0.431. The number of hydrogen-bond donors (Lipinski definition) is 1. The van der Waals surface area contributed by atoms with Crippen LogP contribution in [0.2, 0.25) is 0 Å². The molecule has 0 amide bonds. The minimum atomic E-state index is -0.328. The predicted molar refractivity (Wildman–Crippen MR) is 124 cm³/mol. The monoisotopic (exact) mass is 424 g/mol. The second-order valence-corrected chi connectivity index (χ2v) is 8.68. The normalized spacial score (nSPS) is 18.0. The lowest BCUT2D eigenvalue weighted by molar-refractivity contribution is -0.383. The van der Waals surface area contributed by atoms with E-state index in [1.54, 1.807) is 0 Å². The standard InChI is InChI=1S/C23H32N6O2/c1-17-8-7-11-20(18(17)2)27-12-14-28(15-13-27)23-21(29(30)31)22(24-16-25-23)26-19-9-5-3-4-6-10-19/h7-8,11,16,19H,3-6,9-10,12-15H2,1-2H3,(H,24,25,26). The molecule has 1 aliphatic heterocycles. The molecule has 0 spiro atoms. The Morgan fingerprint density at radius 3 is 2.35 bits per heavy atom. The molecular weight excluding hydrogens is 392 g/mol. The highest BCUT2D eigenvalue weighted by atomic mass is 16.6. The van der Waals surface area contributed by atoms with Crippen molar-refractivity contribution in [2.75, 3.05) is 41.3 Å². The SMILES string of the molecule is Cc1cccc(N2CCN(c3ncnc(NC4CCCCCC4)c3[N+](=O)[O-])CC2)c1C. The van der Waals surface area contributed by atoms with Crippen LogP contribution in [0.1, 0.15) is 49.7 Å². The summed E-state index contributed by atoms with van der Waals surface area (Å²) in [5, 5.41) is 15.4. The number of nitro groups is 1. The topological polar surface area (TPSA) is 87.4 Å². The first-order valence-electron chi connectivity index (χ1n) is 11.4. The van der Waals surface area contributed by atoms with Crippen LogP contribution < -0.4 is 15.1 Å². The third-order valence-corrected chi connectivity index (χ3v) is 6.68. The van der Waals surface area contributed by atoms with Gasteiger partial charge in [0, 0.05) is 37.9 Å². The maximum atomic E-state index is 12.0. The van der Waals surface area contributed by atoms with Gasteiger partial charge in [0.2, 0.25) is 11.6 Å². The Bertz CT molecular complexity index is 918. The Morgan fingerprint density at radius 1 is 1.00 bits per heavy atom. The molecule has 1 saturated carbocycles. The van der Waals surface area contributed by atoms with Crippen molar-refractivity contribution in [2.24, 2.45) is 0 Å². The van der Waals surface area contributed by atoms with Crippen molar-refractivity contribution < 1.29 is 4.92 Å². The van der Waals surface area contributed by atoms with E-state index in [0.717, 1.165) is 38.8 Å². The van der Waals surface area contributed by atoms with Crippen LogP contribution >= 0.6 is 0 Å². The smallest absolute Gasteiger partial charge is 0.353 e. The van der Waals surface area contributed by atoms with Crippen LogP contribution in [-0.2, 0) is 0 Å². The van der Waals surface area contributed by atoms with Gasteiger partial charge < -0.3 is 15.1 Å². The summed E-state index contributed by atoms with van der Waals surface area (Å²) in [6, 6.07) is 6.61. The number of rotatable bonds is 5. The van der Waals surface area contributed by atoms with Gasteiger partial charge in [-0.15, -0.1) is 0 Å². The van der Waals surface area contributed by atoms with Crippen LogP contribution in [-0.4, -0.2) is 47.1 Å². The number of nitrogens with one attached hydrogen (secondary N) is 1. The molecule has 0 bridgehead atoms. The van der Waals surface area contributed by atoms with E-state index in [1.807, 2.05) is 4.90 Å². The summed E-state index contributed by atoms with van der Waals surface area (Å²) in [6.45, 7) is 7.26.